The van der Waals surface area contributed by atoms with Crippen LogP contribution in [0.1, 0.15) is 13.3 Å². The van der Waals surface area contributed by atoms with Crippen LogP contribution in [0, 0.1) is 0 Å². The first-order chi connectivity index (χ1) is 5.16. The second-order valence-electron chi connectivity index (χ2n) is 1.63. The van der Waals surface area contributed by atoms with E-state index in [0.29, 0.717) is 0 Å². The molecular formula is C5H10O5S. The van der Waals surface area contributed by atoms with Crippen LogP contribution in [0.5, 0.6) is 0 Å². The van der Waals surface area contributed by atoms with Gasteiger partial charge in [0.15, 0.2) is 0 Å². The molecule has 0 amide bonds. The van der Waals surface area contributed by atoms with E-state index >= 15 is 0 Å². The molecule has 0 heterocycles. The van der Waals surface area contributed by atoms with Crippen molar-refractivity contribution in [1.29, 1.82) is 0 Å². The van der Waals surface area contributed by atoms with Crippen molar-refractivity contribution in [1.82, 2.24) is 0 Å². The maximum absolute atomic E-state index is 10.4. The number of esters is 1. The van der Waals surface area contributed by atoms with Crippen LogP contribution in [0.3, 0.4) is 0 Å². The van der Waals surface area contributed by atoms with Gasteiger partial charge in [-0.15, -0.1) is 0 Å². The molecule has 0 bridgehead atoms. The summed E-state index contributed by atoms with van der Waals surface area (Å²) < 4.78 is 28.2. The first-order valence-corrected chi connectivity index (χ1v) is 4.19. The van der Waals surface area contributed by atoms with Crippen LogP contribution in [0.4, 0.5) is 0 Å². The van der Waals surface area contributed by atoms with Crippen molar-refractivity contribution in [3.8, 4) is 0 Å². The van der Waals surface area contributed by atoms with Crippen molar-refractivity contribution in [2.75, 3.05) is 13.2 Å². The third-order valence-corrected chi connectivity index (χ3v) is 1.23. The monoisotopic (exact) mass is 182 g/mol. The van der Waals surface area contributed by atoms with Gasteiger partial charge in [0.1, 0.15) is 13.2 Å². The van der Waals surface area contributed by atoms with Crippen molar-refractivity contribution in [3.63, 3.8) is 0 Å². The Labute approximate surface area is 66.5 Å². The molecule has 0 saturated heterocycles. The summed E-state index contributed by atoms with van der Waals surface area (Å²) in [5.41, 5.74) is 0. The summed E-state index contributed by atoms with van der Waals surface area (Å²) in [5.74, 6) is -0.366. The van der Waals surface area contributed by atoms with E-state index in [1.807, 2.05) is 0 Å². The van der Waals surface area contributed by atoms with Gasteiger partial charge in [-0.25, -0.2) is 8.42 Å². The SMILES string of the molecule is CCC(=O)OCCO[SH](=O)=O. The molecule has 0 unspecified atom stereocenters. The maximum Gasteiger partial charge on any atom is 0.305 e. The molecule has 0 aromatic rings. The van der Waals surface area contributed by atoms with E-state index in [0.717, 1.165) is 0 Å². The minimum Gasteiger partial charge on any atom is -0.463 e. The number of hydrogen-bond donors (Lipinski definition) is 1. The number of rotatable bonds is 5. The van der Waals surface area contributed by atoms with Crippen LogP contribution in [0.15, 0.2) is 0 Å². The van der Waals surface area contributed by atoms with Gasteiger partial charge in [-0.3, -0.25) is 8.98 Å². The van der Waals surface area contributed by atoms with Gasteiger partial charge >= 0.3 is 5.97 Å². The fourth-order valence-electron chi connectivity index (χ4n) is 0.369. The fraction of sp³-hybridized carbons (Fsp3) is 0.800. The van der Waals surface area contributed by atoms with Crippen LogP contribution in [0.25, 0.3) is 0 Å². The molecule has 6 heteroatoms. The molecule has 0 radical (unpaired) electrons. The smallest absolute Gasteiger partial charge is 0.305 e. The second kappa shape index (κ2) is 6.11. The van der Waals surface area contributed by atoms with Crippen molar-refractivity contribution in [3.05, 3.63) is 0 Å². The van der Waals surface area contributed by atoms with E-state index in [1.165, 1.54) is 0 Å². The average Bonchev–Trinajstić information content (AvgIpc) is 1.97. The minimum absolute atomic E-state index is 0.0179. The fourth-order valence-corrected chi connectivity index (χ4v) is 0.593. The molecule has 0 atom stereocenters. The van der Waals surface area contributed by atoms with Crippen molar-refractivity contribution < 1.29 is 22.1 Å². The number of thiol groups is 1. The zero-order valence-corrected chi connectivity index (χ0v) is 7.00. The molecular weight excluding hydrogens is 172 g/mol. The van der Waals surface area contributed by atoms with Gasteiger partial charge in [-0.05, 0) is 0 Å². The summed E-state index contributed by atoms with van der Waals surface area (Å²) in [7, 11) is -2.83. The molecule has 0 rings (SSSR count). The van der Waals surface area contributed by atoms with Gasteiger partial charge in [-0.2, -0.15) is 0 Å². The van der Waals surface area contributed by atoms with Crippen LogP contribution >= 0.6 is 0 Å². The van der Waals surface area contributed by atoms with Gasteiger partial charge < -0.3 is 4.74 Å². The number of carbonyl (C=O) groups excluding carboxylic acids is 1. The molecule has 66 valence electrons. The second-order valence-corrected chi connectivity index (χ2v) is 2.34. The van der Waals surface area contributed by atoms with E-state index in [1.54, 1.807) is 6.92 Å². The number of carbonyl (C=O) groups is 1. The predicted octanol–water partition coefficient (Wildman–Crippen LogP) is -0.517. The van der Waals surface area contributed by atoms with Crippen LogP contribution < -0.4 is 0 Å². The zero-order valence-electron chi connectivity index (χ0n) is 6.11. The highest BCUT2D eigenvalue weighted by atomic mass is 32.2. The lowest BCUT2D eigenvalue weighted by atomic mass is 10.5. The maximum atomic E-state index is 10.4. The Morgan fingerprint density at radius 1 is 1.36 bits per heavy atom. The van der Waals surface area contributed by atoms with E-state index in [2.05, 4.69) is 8.92 Å². The molecule has 0 aromatic carbocycles. The molecule has 0 aliphatic rings. The van der Waals surface area contributed by atoms with Gasteiger partial charge in [0.25, 0.3) is 11.0 Å². The Kier molecular flexibility index (Phi) is 5.77. The van der Waals surface area contributed by atoms with Gasteiger partial charge in [0, 0.05) is 6.42 Å². The zero-order chi connectivity index (χ0) is 8.69. The Hall–Kier alpha value is -0.620. The quantitative estimate of drug-likeness (QED) is 0.352. The molecule has 0 aliphatic carbocycles. The predicted molar refractivity (Wildman–Crippen MR) is 37.5 cm³/mol. The molecule has 0 saturated carbocycles. The molecule has 5 nitrogen and oxygen atoms in total. The lowest BCUT2D eigenvalue weighted by molar-refractivity contribution is -0.143. The Bertz CT molecular complexity index is 177. The molecule has 0 aliphatic heterocycles. The first-order valence-electron chi connectivity index (χ1n) is 3.09. The van der Waals surface area contributed by atoms with E-state index in [-0.39, 0.29) is 25.6 Å². The Morgan fingerprint density at radius 3 is 2.45 bits per heavy atom. The van der Waals surface area contributed by atoms with E-state index in [4.69, 9.17) is 0 Å². The summed E-state index contributed by atoms with van der Waals surface area (Å²) >= 11 is 0. The van der Waals surface area contributed by atoms with Crippen LogP contribution in [-0.4, -0.2) is 27.6 Å². The van der Waals surface area contributed by atoms with Crippen molar-refractivity contribution in [2.24, 2.45) is 0 Å². The molecule has 11 heavy (non-hydrogen) atoms. The third kappa shape index (κ3) is 7.27. The van der Waals surface area contributed by atoms with Crippen molar-refractivity contribution >= 4 is 17.0 Å². The topological polar surface area (TPSA) is 69.7 Å². The summed E-state index contributed by atoms with van der Waals surface area (Å²) in [4.78, 5) is 10.4. The number of hydrogen-bond acceptors (Lipinski definition) is 5. The molecule has 0 aromatic heterocycles. The van der Waals surface area contributed by atoms with Crippen LogP contribution in [-0.2, 0) is 24.7 Å². The lowest BCUT2D eigenvalue weighted by Crippen LogP contribution is -2.08. The van der Waals surface area contributed by atoms with Gasteiger partial charge in [0.2, 0.25) is 0 Å². The Morgan fingerprint density at radius 2 is 2.00 bits per heavy atom. The third-order valence-electron chi connectivity index (χ3n) is 0.832. The average molecular weight is 182 g/mol. The molecule has 0 N–H and O–H groups in total. The summed E-state index contributed by atoms with van der Waals surface area (Å²) in [6, 6.07) is 0. The van der Waals surface area contributed by atoms with Crippen LogP contribution in [0.2, 0.25) is 0 Å². The van der Waals surface area contributed by atoms with Gasteiger partial charge in [0.05, 0.1) is 0 Å². The number of ether oxygens (including phenoxy) is 1. The summed E-state index contributed by atoms with van der Waals surface area (Å²) in [5, 5.41) is 0. The Balaban J connectivity index is 3.21. The summed E-state index contributed by atoms with van der Waals surface area (Å²) in [6.45, 7) is 1.53. The van der Waals surface area contributed by atoms with Gasteiger partial charge in [-0.1, -0.05) is 6.92 Å². The van der Waals surface area contributed by atoms with E-state index in [9.17, 15) is 13.2 Å². The standard InChI is InChI=1S/C5H10O5S/c1-2-5(6)9-3-4-10-11(7)8/h11H,2-4H2,1H3. The lowest BCUT2D eigenvalue weighted by Gasteiger charge is -1.99. The normalized spacial score (nSPS) is 10.0. The minimum atomic E-state index is -2.83. The summed E-state index contributed by atoms with van der Waals surface area (Å²) in [6.07, 6.45) is 0.281. The highest BCUT2D eigenvalue weighted by Gasteiger charge is 1.96. The molecule has 0 spiro atoms. The highest BCUT2D eigenvalue weighted by molar-refractivity contribution is 7.67. The largest absolute Gasteiger partial charge is 0.463 e. The first kappa shape index (κ1) is 10.4. The highest BCUT2D eigenvalue weighted by Crippen LogP contribution is 1.84. The molecule has 0 fully saturated rings. The van der Waals surface area contributed by atoms with E-state index < -0.39 is 11.0 Å². The van der Waals surface area contributed by atoms with Crippen molar-refractivity contribution in [2.45, 2.75) is 13.3 Å².